The van der Waals surface area contributed by atoms with Crippen molar-refractivity contribution in [3.63, 3.8) is 0 Å². The lowest BCUT2D eigenvalue weighted by Crippen LogP contribution is -2.56. The zero-order valence-electron chi connectivity index (χ0n) is 61.4. The number of fused-ring (bicyclic) bond motifs is 3. The third-order valence-corrected chi connectivity index (χ3v) is 26.5. The average molecular weight is 1110 g/mol. The van der Waals surface area contributed by atoms with Gasteiger partial charge in [0.1, 0.15) is 259 Å². The minimum absolute atomic E-state index is 1.34. The van der Waals surface area contributed by atoms with Crippen molar-refractivity contribution in [3.8, 4) is 39.1 Å². The number of nitrogens with zero attached hydrogens (tertiary/aromatic N) is 1. The van der Waals surface area contributed by atoms with Crippen LogP contribution in [-0.2, 0) is 0 Å². The normalized spacial score (nSPS) is 12.1. The summed E-state index contributed by atoms with van der Waals surface area (Å²) in [5.41, 5.74) is 58.5. The molecular weight excluding hydrogens is 1040 g/mol. The van der Waals surface area contributed by atoms with E-state index in [0.717, 1.165) is 0 Å². The van der Waals surface area contributed by atoms with E-state index in [9.17, 15) is 0 Å². The molecule has 0 saturated carbocycles. The number of benzene rings is 12. The number of aromatic nitrogens is 1. The SMILES string of the molecule is Bc1c(B)c(B)c(-n2c3c(B)c(B)c(B)c(B)c3c3c(B)c(-c4c(B)c(B)c(-c5c(B)c(B)c6c(B)c(B)c7c(B)c(B)c(B)c8c(B)c(B)c5c6c78)c(B)c4-c4c(B)c(B)c5c(B)c(B)c6c(B)c(B)c(B)c7c(B)c(B)c4c5c67)c(B)c(B)c32)c(B)c1B. The van der Waals surface area contributed by atoms with Crippen molar-refractivity contribution in [1.82, 2.24) is 4.57 Å². The van der Waals surface area contributed by atoms with Crippen LogP contribution < -0.4 is 180 Å². The monoisotopic (exact) mass is 1120 g/mol. The molecule has 13 aromatic rings. The van der Waals surface area contributed by atoms with E-state index >= 15 is 0 Å². The molecule has 12 aromatic carbocycles. The van der Waals surface area contributed by atoms with Gasteiger partial charge in [0.2, 0.25) is 0 Å². The maximum Gasteiger partial charge on any atom is 0.141 e. The summed E-state index contributed by atoms with van der Waals surface area (Å²) in [4.78, 5) is 0. The lowest BCUT2D eigenvalue weighted by Gasteiger charge is -2.34. The first-order valence-corrected chi connectivity index (χ1v) is 33.7. The Balaban J connectivity index is 1.33. The van der Waals surface area contributed by atoms with E-state index in [4.69, 9.17) is 0 Å². The van der Waals surface area contributed by atoms with Gasteiger partial charge in [0.25, 0.3) is 0 Å². The molecule has 394 valence electrons. The van der Waals surface area contributed by atoms with Crippen LogP contribution in [0.5, 0.6) is 0 Å². The Morgan fingerprint density at radius 2 is 0.300 bits per heavy atom. The molecule has 1 nitrogen and oxygen atoms in total. The van der Waals surface area contributed by atoms with Crippen molar-refractivity contribution in [3.05, 3.63) is 0 Å². The average Bonchev–Trinajstić information content (AvgIpc) is 0.792. The van der Waals surface area contributed by atoms with Crippen molar-refractivity contribution < 1.29 is 0 Å². The summed E-state index contributed by atoms with van der Waals surface area (Å²) in [6.07, 6.45) is 0. The Kier molecular flexibility index (Phi) is 14.7. The predicted molar refractivity (Wildman–Crippen MR) is 514 cm³/mol. The molecular formula is C56H66B33N. The first kappa shape index (κ1) is 63.4. The standard InChI is InChI=1S/C56H66B33N/c57-21-7(8-5-1-3-13(30(66)23(5)59)37(73)43(79)39(75)15(3)34(70)32(68)11(1)28(64)25(8)61)10(18-22(58)19-20-42(78)45(81)47(83)51(87)55(20)90(54(19)50(86)41(18)77)56-52(88)48(84)46(82)49(85)53(56)89)27(63)36(72)17(21)9-6-2-4-14(31(67)24(6)60)38(74)44(80)40(76)16(4)35(71)33(69)12(2)29(65)26(9)62/h57-89H2. The Morgan fingerprint density at radius 1 is 0.111 bits per heavy atom. The zero-order valence-corrected chi connectivity index (χ0v) is 61.4. The fourth-order valence-corrected chi connectivity index (χ4v) is 19.3. The van der Waals surface area contributed by atoms with Crippen LogP contribution in [0.25, 0.3) is 126 Å². The van der Waals surface area contributed by atoms with Crippen LogP contribution in [0.15, 0.2) is 0 Å². The Bertz CT molecular complexity index is 5610. The lowest BCUT2D eigenvalue weighted by molar-refractivity contribution is 1.22. The zero-order chi connectivity index (χ0) is 65.9. The summed E-state index contributed by atoms with van der Waals surface area (Å²) in [7, 11) is 80.0. The van der Waals surface area contributed by atoms with Crippen molar-refractivity contribution in [2.24, 2.45) is 0 Å². The van der Waals surface area contributed by atoms with Crippen LogP contribution in [-0.4, -0.2) is 263 Å². The highest BCUT2D eigenvalue weighted by Gasteiger charge is 2.35. The minimum Gasteiger partial charge on any atom is -0.312 e. The third-order valence-electron chi connectivity index (χ3n) is 26.5. The second-order valence-electron chi connectivity index (χ2n) is 29.5. The molecule has 1 heterocycles. The molecule has 34 heteroatoms. The van der Waals surface area contributed by atoms with E-state index in [0.29, 0.717) is 0 Å². The second kappa shape index (κ2) is 20.8. The molecule has 0 radical (unpaired) electrons. The highest BCUT2D eigenvalue weighted by molar-refractivity contribution is 6.80. The van der Waals surface area contributed by atoms with E-state index in [-0.39, 0.29) is 0 Å². The summed E-state index contributed by atoms with van der Waals surface area (Å²) in [5, 5.41) is 20.1. The van der Waals surface area contributed by atoms with Gasteiger partial charge in [-0.2, -0.15) is 0 Å². The number of hydrogen-bond acceptors (Lipinski definition) is 0. The molecule has 0 aliphatic carbocycles. The minimum atomic E-state index is 1.34. The molecule has 0 spiro atoms. The number of rotatable bonds is 4. The van der Waals surface area contributed by atoms with Gasteiger partial charge in [-0.25, -0.2) is 0 Å². The smallest absolute Gasteiger partial charge is 0.141 e. The fraction of sp³-hybridized carbons (Fsp3) is 0. The molecule has 90 heavy (non-hydrogen) atoms. The summed E-state index contributed by atoms with van der Waals surface area (Å²) in [5.74, 6) is 0. The van der Waals surface area contributed by atoms with Gasteiger partial charge in [0.15, 0.2) is 0 Å². The van der Waals surface area contributed by atoms with Crippen molar-refractivity contribution in [1.29, 1.82) is 0 Å². The van der Waals surface area contributed by atoms with Crippen LogP contribution in [0.4, 0.5) is 0 Å². The molecule has 0 saturated heterocycles. The van der Waals surface area contributed by atoms with E-state index < -0.39 is 0 Å². The Labute approximate surface area is 564 Å². The fourth-order valence-electron chi connectivity index (χ4n) is 19.3. The van der Waals surface area contributed by atoms with Gasteiger partial charge in [-0.3, -0.25) is 0 Å². The van der Waals surface area contributed by atoms with Gasteiger partial charge in [-0.05, 0) is 103 Å². The van der Waals surface area contributed by atoms with E-state index in [1.165, 1.54) is 306 Å². The van der Waals surface area contributed by atoms with Crippen LogP contribution in [0, 0.1) is 0 Å². The largest absolute Gasteiger partial charge is 0.312 e. The topological polar surface area (TPSA) is 4.93 Å². The molecule has 13 rings (SSSR count). The first-order valence-electron chi connectivity index (χ1n) is 33.7. The highest BCUT2D eigenvalue weighted by Crippen LogP contribution is 2.40. The molecule has 0 N–H and O–H groups in total. The number of hydrogen-bond donors (Lipinski definition) is 0. The summed E-state index contributed by atoms with van der Waals surface area (Å²) < 4.78 is 2.75. The summed E-state index contributed by atoms with van der Waals surface area (Å²) >= 11 is 0. The Morgan fingerprint density at radius 3 is 0.678 bits per heavy atom. The predicted octanol–water partition coefficient (Wildman–Crippen LogP) is -41.9. The van der Waals surface area contributed by atoms with Crippen LogP contribution in [0.2, 0.25) is 0 Å². The van der Waals surface area contributed by atoms with Crippen LogP contribution in [0.3, 0.4) is 0 Å². The van der Waals surface area contributed by atoms with Crippen molar-refractivity contribution >= 4 is 526 Å². The van der Waals surface area contributed by atoms with Crippen molar-refractivity contribution in [2.75, 3.05) is 0 Å². The molecule has 0 amide bonds. The van der Waals surface area contributed by atoms with Gasteiger partial charge in [-0.1, -0.05) is 158 Å². The van der Waals surface area contributed by atoms with E-state index in [2.05, 4.69) is 263 Å². The first-order chi connectivity index (χ1) is 42.1. The van der Waals surface area contributed by atoms with Gasteiger partial charge in [0, 0.05) is 22.1 Å². The molecule has 0 fully saturated rings. The van der Waals surface area contributed by atoms with E-state index in [1.807, 2.05) is 0 Å². The molecule has 0 aliphatic rings. The lowest BCUT2D eigenvalue weighted by atomic mass is 9.55. The van der Waals surface area contributed by atoms with Gasteiger partial charge >= 0.3 is 0 Å². The summed E-state index contributed by atoms with van der Waals surface area (Å²) in [6.45, 7) is 0. The molecule has 0 aliphatic heterocycles. The molecule has 1 aromatic heterocycles. The molecule has 0 atom stereocenters. The van der Waals surface area contributed by atoms with E-state index in [1.54, 1.807) is 0 Å². The third kappa shape index (κ3) is 7.52. The van der Waals surface area contributed by atoms with Crippen LogP contribution >= 0.6 is 0 Å². The maximum atomic E-state index is 2.75. The van der Waals surface area contributed by atoms with Crippen LogP contribution in [0.1, 0.15) is 0 Å². The molecule has 0 bridgehead atoms. The molecule has 0 unspecified atom stereocenters. The quantitative estimate of drug-likeness (QED) is 0.122. The Hall–Kier alpha value is -5.34. The maximum absolute atomic E-state index is 2.75. The highest BCUT2D eigenvalue weighted by atomic mass is 15.0. The van der Waals surface area contributed by atoms with Gasteiger partial charge < -0.3 is 4.57 Å². The van der Waals surface area contributed by atoms with Gasteiger partial charge in [0.05, 0.1) is 0 Å². The van der Waals surface area contributed by atoms with Gasteiger partial charge in [-0.15, -0.1) is 21.9 Å². The second-order valence-corrected chi connectivity index (χ2v) is 29.5. The van der Waals surface area contributed by atoms with Crippen molar-refractivity contribution in [2.45, 2.75) is 0 Å². The summed E-state index contributed by atoms with van der Waals surface area (Å²) in [6, 6.07) is 0.